The van der Waals surface area contributed by atoms with Crippen LogP contribution in [0.2, 0.25) is 0 Å². The Morgan fingerprint density at radius 3 is 2.59 bits per heavy atom. The van der Waals surface area contributed by atoms with E-state index in [4.69, 9.17) is 4.74 Å². The molecule has 29 heavy (non-hydrogen) atoms. The van der Waals surface area contributed by atoms with Crippen LogP contribution in [0.4, 0.5) is 11.4 Å². The first-order valence-corrected chi connectivity index (χ1v) is 9.98. The van der Waals surface area contributed by atoms with E-state index >= 15 is 0 Å². The van der Waals surface area contributed by atoms with Crippen LogP contribution in [0, 0.1) is 6.92 Å². The van der Waals surface area contributed by atoms with E-state index in [0.717, 1.165) is 30.1 Å². The molecule has 0 bridgehead atoms. The molecule has 1 aliphatic heterocycles. The van der Waals surface area contributed by atoms with Gasteiger partial charge in [-0.2, -0.15) is 0 Å². The predicted molar refractivity (Wildman–Crippen MR) is 116 cm³/mol. The lowest BCUT2D eigenvalue weighted by atomic mass is 10.1. The number of pyridine rings is 1. The van der Waals surface area contributed by atoms with E-state index in [1.54, 1.807) is 24.5 Å². The molecule has 1 amide bonds. The smallest absolute Gasteiger partial charge is 0.255 e. The molecule has 0 saturated carbocycles. The summed E-state index contributed by atoms with van der Waals surface area (Å²) in [6, 6.07) is 17.1. The van der Waals surface area contributed by atoms with Gasteiger partial charge in [0.15, 0.2) is 0 Å². The van der Waals surface area contributed by atoms with Crippen molar-refractivity contribution in [1.82, 2.24) is 4.98 Å². The van der Waals surface area contributed by atoms with Crippen molar-refractivity contribution in [1.29, 1.82) is 0 Å². The standard InChI is InChI=1S/C24H25N3O2/c1-18-15-21(8-11-23(18)27-13-2-3-14-27)26-24(28)20-6-9-22(10-7-20)29-17-19-5-4-12-25-16-19/h4-12,15-16H,2-3,13-14,17H2,1H3,(H,26,28). The van der Waals surface area contributed by atoms with Crippen LogP contribution in [-0.2, 0) is 6.61 Å². The number of aryl methyl sites for hydroxylation is 1. The number of aromatic nitrogens is 1. The van der Waals surface area contributed by atoms with Crippen molar-refractivity contribution in [2.75, 3.05) is 23.3 Å². The van der Waals surface area contributed by atoms with Gasteiger partial charge in [-0.25, -0.2) is 0 Å². The second-order valence-electron chi connectivity index (χ2n) is 7.32. The maximum Gasteiger partial charge on any atom is 0.255 e. The van der Waals surface area contributed by atoms with Gasteiger partial charge in [0.2, 0.25) is 0 Å². The summed E-state index contributed by atoms with van der Waals surface area (Å²) in [4.78, 5) is 19.1. The number of anilines is 2. The maximum absolute atomic E-state index is 12.6. The third-order valence-corrected chi connectivity index (χ3v) is 5.15. The van der Waals surface area contributed by atoms with Crippen molar-refractivity contribution in [3.8, 4) is 5.75 Å². The fraction of sp³-hybridized carbons (Fsp3) is 0.250. The number of rotatable bonds is 6. The topological polar surface area (TPSA) is 54.5 Å². The van der Waals surface area contributed by atoms with Crippen molar-refractivity contribution < 1.29 is 9.53 Å². The van der Waals surface area contributed by atoms with E-state index in [1.165, 1.54) is 24.1 Å². The van der Waals surface area contributed by atoms with Gasteiger partial charge in [-0.1, -0.05) is 6.07 Å². The van der Waals surface area contributed by atoms with Crippen LogP contribution in [0.1, 0.15) is 34.3 Å². The zero-order valence-electron chi connectivity index (χ0n) is 16.6. The number of benzene rings is 2. The normalized spacial score (nSPS) is 13.3. The number of hydrogen-bond donors (Lipinski definition) is 1. The lowest BCUT2D eigenvalue weighted by Crippen LogP contribution is -2.19. The van der Waals surface area contributed by atoms with E-state index in [0.29, 0.717) is 12.2 Å². The zero-order chi connectivity index (χ0) is 20.1. The number of ether oxygens (including phenoxy) is 1. The van der Waals surface area contributed by atoms with Crippen molar-refractivity contribution >= 4 is 17.3 Å². The second-order valence-corrected chi connectivity index (χ2v) is 7.32. The van der Waals surface area contributed by atoms with Gasteiger partial charge in [0.05, 0.1) is 0 Å². The van der Waals surface area contributed by atoms with Crippen LogP contribution in [0.3, 0.4) is 0 Å². The molecule has 1 N–H and O–H groups in total. The third kappa shape index (κ3) is 4.74. The van der Waals surface area contributed by atoms with Gasteiger partial charge in [-0.15, -0.1) is 0 Å². The molecular formula is C24H25N3O2. The van der Waals surface area contributed by atoms with Crippen molar-refractivity contribution in [3.05, 3.63) is 83.7 Å². The molecule has 5 heteroatoms. The average molecular weight is 387 g/mol. The Hall–Kier alpha value is -3.34. The summed E-state index contributed by atoms with van der Waals surface area (Å²) in [6.45, 7) is 4.77. The molecule has 0 unspecified atom stereocenters. The van der Waals surface area contributed by atoms with E-state index in [9.17, 15) is 4.79 Å². The summed E-state index contributed by atoms with van der Waals surface area (Å²) in [5, 5.41) is 2.99. The van der Waals surface area contributed by atoms with E-state index < -0.39 is 0 Å². The van der Waals surface area contributed by atoms with E-state index in [-0.39, 0.29) is 5.91 Å². The number of carbonyl (C=O) groups excluding carboxylic acids is 1. The van der Waals surface area contributed by atoms with Crippen molar-refractivity contribution in [2.45, 2.75) is 26.4 Å². The molecule has 1 saturated heterocycles. The fourth-order valence-electron chi connectivity index (χ4n) is 3.60. The molecule has 2 aromatic carbocycles. The molecule has 2 heterocycles. The largest absolute Gasteiger partial charge is 0.489 e. The molecule has 0 spiro atoms. The monoisotopic (exact) mass is 387 g/mol. The first-order valence-electron chi connectivity index (χ1n) is 9.98. The first-order chi connectivity index (χ1) is 14.2. The molecule has 5 nitrogen and oxygen atoms in total. The molecular weight excluding hydrogens is 362 g/mol. The first kappa shape index (κ1) is 19.0. The molecule has 1 aliphatic rings. The molecule has 148 valence electrons. The Labute approximate surface area is 171 Å². The highest BCUT2D eigenvalue weighted by Crippen LogP contribution is 2.27. The molecule has 0 atom stereocenters. The van der Waals surface area contributed by atoms with Gasteiger partial charge in [0, 0.05) is 48.0 Å². The fourth-order valence-corrected chi connectivity index (χ4v) is 3.60. The molecule has 3 aromatic rings. The maximum atomic E-state index is 12.6. The minimum Gasteiger partial charge on any atom is -0.489 e. The van der Waals surface area contributed by atoms with Crippen molar-refractivity contribution in [3.63, 3.8) is 0 Å². The SMILES string of the molecule is Cc1cc(NC(=O)c2ccc(OCc3cccnc3)cc2)ccc1N1CCCC1. The Kier molecular flexibility index (Phi) is 5.75. The quantitative estimate of drug-likeness (QED) is 0.659. The number of nitrogens with zero attached hydrogens (tertiary/aromatic N) is 2. The van der Waals surface area contributed by atoms with Gasteiger partial charge >= 0.3 is 0 Å². The number of carbonyl (C=O) groups is 1. The molecule has 0 radical (unpaired) electrons. The Morgan fingerprint density at radius 2 is 1.90 bits per heavy atom. The van der Waals surface area contributed by atoms with Gasteiger partial charge in [-0.3, -0.25) is 9.78 Å². The number of nitrogens with one attached hydrogen (secondary N) is 1. The van der Waals surface area contributed by atoms with E-state index in [2.05, 4.69) is 28.2 Å². The van der Waals surface area contributed by atoms with Crippen LogP contribution >= 0.6 is 0 Å². The molecule has 1 aromatic heterocycles. The number of amides is 1. The highest BCUT2D eigenvalue weighted by molar-refractivity contribution is 6.04. The van der Waals surface area contributed by atoms with Crippen LogP contribution in [-0.4, -0.2) is 24.0 Å². The summed E-state index contributed by atoms with van der Waals surface area (Å²) in [5.41, 5.74) is 4.86. The molecule has 0 aliphatic carbocycles. The lowest BCUT2D eigenvalue weighted by molar-refractivity contribution is 0.102. The van der Waals surface area contributed by atoms with Gasteiger partial charge < -0.3 is 15.0 Å². The summed E-state index contributed by atoms with van der Waals surface area (Å²) < 4.78 is 5.75. The summed E-state index contributed by atoms with van der Waals surface area (Å²) in [7, 11) is 0. The summed E-state index contributed by atoms with van der Waals surface area (Å²) in [6.07, 6.45) is 6.01. The summed E-state index contributed by atoms with van der Waals surface area (Å²) in [5.74, 6) is 0.591. The van der Waals surface area contributed by atoms with Crippen LogP contribution in [0.5, 0.6) is 5.75 Å². The zero-order valence-corrected chi connectivity index (χ0v) is 16.6. The Morgan fingerprint density at radius 1 is 1.10 bits per heavy atom. The van der Waals surface area contributed by atoms with Crippen LogP contribution < -0.4 is 15.0 Å². The molecule has 4 rings (SSSR count). The highest BCUT2D eigenvalue weighted by Gasteiger charge is 2.15. The average Bonchev–Trinajstić information content (AvgIpc) is 3.28. The predicted octanol–water partition coefficient (Wildman–Crippen LogP) is 4.82. The molecule has 1 fully saturated rings. The Balaban J connectivity index is 1.36. The third-order valence-electron chi connectivity index (χ3n) is 5.15. The number of hydrogen-bond acceptors (Lipinski definition) is 4. The highest BCUT2D eigenvalue weighted by atomic mass is 16.5. The second kappa shape index (κ2) is 8.78. The van der Waals surface area contributed by atoms with E-state index in [1.807, 2.05) is 36.4 Å². The summed E-state index contributed by atoms with van der Waals surface area (Å²) >= 11 is 0. The van der Waals surface area contributed by atoms with Crippen LogP contribution in [0.15, 0.2) is 67.0 Å². The van der Waals surface area contributed by atoms with Crippen molar-refractivity contribution in [2.24, 2.45) is 0 Å². The van der Waals surface area contributed by atoms with Gasteiger partial charge in [-0.05, 0) is 73.9 Å². The lowest BCUT2D eigenvalue weighted by Gasteiger charge is -2.20. The minimum atomic E-state index is -0.128. The van der Waals surface area contributed by atoms with Gasteiger partial charge in [0.1, 0.15) is 12.4 Å². The van der Waals surface area contributed by atoms with Gasteiger partial charge in [0.25, 0.3) is 5.91 Å². The Bertz CT molecular complexity index is 965. The van der Waals surface area contributed by atoms with Crippen LogP contribution in [0.25, 0.3) is 0 Å². The minimum absolute atomic E-state index is 0.128.